The molecular weight excluding hydrogens is 267 g/mol. The highest BCUT2D eigenvalue weighted by Gasteiger charge is 2.41. The number of hydrogen-bond acceptors (Lipinski definition) is 4. The minimum Gasteiger partial charge on any atom is -0.464 e. The third kappa shape index (κ3) is 5.85. The number of ether oxygens (including phenoxy) is 1. The fourth-order valence-electron chi connectivity index (χ4n) is 1.61. The van der Waals surface area contributed by atoms with Crippen LogP contribution in [0.2, 0.25) is 0 Å². The number of nitrogens with one attached hydrogen (secondary N) is 3. The zero-order chi connectivity index (χ0) is 15.6. The maximum Gasteiger partial charge on any atom is 0.334 e. The molecule has 5 N–H and O–H groups in total. The maximum absolute atomic E-state index is 13.4. The first-order chi connectivity index (χ1) is 9.41. The van der Waals surface area contributed by atoms with Crippen LogP contribution in [0, 0.1) is 5.41 Å². The van der Waals surface area contributed by atoms with Gasteiger partial charge in [0, 0.05) is 13.0 Å². The van der Waals surface area contributed by atoms with Crippen molar-refractivity contribution in [1.29, 1.82) is 5.41 Å². The molecule has 0 rings (SSSR count). The molecule has 0 heterocycles. The SMILES string of the molecule is CCOC(=O)C(CF)(CCCNC(=N)N)NC(=O)CC. The van der Waals surface area contributed by atoms with E-state index in [1.54, 1.807) is 13.8 Å². The predicted octanol–water partition coefficient (Wildman–Crippen LogP) is 0.0473. The summed E-state index contributed by atoms with van der Waals surface area (Å²) in [6, 6.07) is 0. The monoisotopic (exact) mass is 290 g/mol. The Bertz CT molecular complexity index is 352. The minimum absolute atomic E-state index is 0.0638. The molecule has 0 aromatic rings. The molecule has 1 unspecified atom stereocenters. The summed E-state index contributed by atoms with van der Waals surface area (Å²) in [4.78, 5) is 23.4. The molecule has 0 saturated carbocycles. The van der Waals surface area contributed by atoms with Gasteiger partial charge in [-0.05, 0) is 19.8 Å². The van der Waals surface area contributed by atoms with Gasteiger partial charge >= 0.3 is 5.97 Å². The van der Waals surface area contributed by atoms with Gasteiger partial charge in [0.1, 0.15) is 6.67 Å². The van der Waals surface area contributed by atoms with Crippen molar-refractivity contribution < 1.29 is 18.7 Å². The van der Waals surface area contributed by atoms with Crippen LogP contribution in [0.5, 0.6) is 0 Å². The number of alkyl halides is 1. The summed E-state index contributed by atoms with van der Waals surface area (Å²) >= 11 is 0. The first-order valence-electron chi connectivity index (χ1n) is 6.54. The molecule has 0 fully saturated rings. The number of rotatable bonds is 9. The highest BCUT2D eigenvalue weighted by molar-refractivity contribution is 5.88. The van der Waals surface area contributed by atoms with Crippen molar-refractivity contribution in [3.05, 3.63) is 0 Å². The molecule has 0 aliphatic carbocycles. The lowest BCUT2D eigenvalue weighted by Gasteiger charge is -2.29. The Morgan fingerprint density at radius 2 is 2.05 bits per heavy atom. The van der Waals surface area contributed by atoms with Crippen LogP contribution >= 0.6 is 0 Å². The van der Waals surface area contributed by atoms with Gasteiger partial charge < -0.3 is 21.1 Å². The van der Waals surface area contributed by atoms with Crippen LogP contribution in [0.15, 0.2) is 0 Å². The maximum atomic E-state index is 13.4. The fourth-order valence-corrected chi connectivity index (χ4v) is 1.61. The molecule has 0 aliphatic heterocycles. The molecule has 0 radical (unpaired) electrons. The number of amides is 1. The van der Waals surface area contributed by atoms with Crippen LogP contribution in [0.3, 0.4) is 0 Å². The lowest BCUT2D eigenvalue weighted by molar-refractivity contribution is -0.154. The largest absolute Gasteiger partial charge is 0.464 e. The minimum atomic E-state index is -1.67. The zero-order valence-corrected chi connectivity index (χ0v) is 11.9. The Hall–Kier alpha value is -1.86. The first kappa shape index (κ1) is 18.1. The quantitative estimate of drug-likeness (QED) is 0.207. The van der Waals surface area contributed by atoms with Gasteiger partial charge in [0.05, 0.1) is 6.61 Å². The van der Waals surface area contributed by atoms with E-state index in [1.165, 1.54) is 0 Å². The molecule has 7 nitrogen and oxygen atoms in total. The smallest absolute Gasteiger partial charge is 0.334 e. The highest BCUT2D eigenvalue weighted by Crippen LogP contribution is 2.17. The Kier molecular flexibility index (Phi) is 8.26. The normalized spacial score (nSPS) is 13.2. The van der Waals surface area contributed by atoms with Crippen LogP contribution in [0.1, 0.15) is 33.1 Å². The van der Waals surface area contributed by atoms with E-state index < -0.39 is 24.1 Å². The Morgan fingerprint density at radius 3 is 2.50 bits per heavy atom. The van der Waals surface area contributed by atoms with Crippen LogP contribution in [-0.2, 0) is 14.3 Å². The van der Waals surface area contributed by atoms with Gasteiger partial charge in [-0.2, -0.15) is 0 Å². The molecule has 116 valence electrons. The van der Waals surface area contributed by atoms with Crippen molar-refractivity contribution in [2.24, 2.45) is 5.73 Å². The first-order valence-corrected chi connectivity index (χ1v) is 6.54. The van der Waals surface area contributed by atoms with Crippen molar-refractivity contribution in [1.82, 2.24) is 10.6 Å². The molecule has 0 aromatic heterocycles. The van der Waals surface area contributed by atoms with E-state index in [-0.39, 0.29) is 25.4 Å². The van der Waals surface area contributed by atoms with Crippen LogP contribution in [-0.4, -0.2) is 43.2 Å². The number of carbonyl (C=O) groups is 2. The van der Waals surface area contributed by atoms with E-state index in [1.807, 2.05) is 0 Å². The third-order valence-electron chi connectivity index (χ3n) is 2.69. The van der Waals surface area contributed by atoms with Crippen molar-refractivity contribution in [3.8, 4) is 0 Å². The highest BCUT2D eigenvalue weighted by atomic mass is 19.1. The number of guanidine groups is 1. The Morgan fingerprint density at radius 1 is 1.40 bits per heavy atom. The summed E-state index contributed by atoms with van der Waals surface area (Å²) in [6.45, 7) is 2.59. The second-order valence-electron chi connectivity index (χ2n) is 4.28. The van der Waals surface area contributed by atoms with Crippen molar-refractivity contribution in [2.45, 2.75) is 38.6 Å². The summed E-state index contributed by atoms with van der Waals surface area (Å²) in [5, 5.41) is 12.0. The standard InChI is InChI=1S/C12H23FN4O3/c1-3-9(18)17-12(8-13,10(19)20-4-2)6-5-7-16-11(14)15/h3-8H2,1-2H3,(H,17,18)(H4,14,15,16). The molecule has 1 amide bonds. The number of halogens is 1. The molecule has 0 spiro atoms. The van der Waals surface area contributed by atoms with Gasteiger partial charge in [-0.15, -0.1) is 0 Å². The average Bonchev–Trinajstić information content (AvgIpc) is 2.41. The number of carbonyl (C=O) groups excluding carboxylic acids is 2. The van der Waals surface area contributed by atoms with Gasteiger partial charge in [-0.3, -0.25) is 10.2 Å². The van der Waals surface area contributed by atoms with E-state index in [0.29, 0.717) is 13.0 Å². The summed E-state index contributed by atoms with van der Waals surface area (Å²) in [6.07, 6.45) is 0.563. The number of nitrogens with two attached hydrogens (primary N) is 1. The second kappa shape index (κ2) is 9.11. The molecule has 8 heteroatoms. The fraction of sp³-hybridized carbons (Fsp3) is 0.750. The van der Waals surface area contributed by atoms with E-state index in [0.717, 1.165) is 0 Å². The average molecular weight is 290 g/mol. The van der Waals surface area contributed by atoms with Crippen molar-refractivity contribution in [3.63, 3.8) is 0 Å². The third-order valence-corrected chi connectivity index (χ3v) is 2.69. The predicted molar refractivity (Wildman–Crippen MR) is 72.9 cm³/mol. The summed E-state index contributed by atoms with van der Waals surface area (Å²) < 4.78 is 18.2. The van der Waals surface area contributed by atoms with E-state index in [9.17, 15) is 14.0 Å². The molecule has 20 heavy (non-hydrogen) atoms. The summed E-state index contributed by atoms with van der Waals surface area (Å²) in [5.74, 6) is -1.41. The van der Waals surface area contributed by atoms with Crippen molar-refractivity contribution >= 4 is 17.8 Å². The molecule has 0 aromatic carbocycles. The van der Waals surface area contributed by atoms with Gasteiger partial charge in [-0.1, -0.05) is 6.92 Å². The van der Waals surface area contributed by atoms with E-state index >= 15 is 0 Å². The Balaban J connectivity index is 4.77. The molecule has 0 saturated heterocycles. The number of esters is 1. The topological polar surface area (TPSA) is 117 Å². The van der Waals surface area contributed by atoms with Crippen LogP contribution < -0.4 is 16.4 Å². The molecule has 0 aliphatic rings. The summed E-state index contributed by atoms with van der Waals surface area (Å²) in [7, 11) is 0. The zero-order valence-electron chi connectivity index (χ0n) is 11.9. The lowest BCUT2D eigenvalue weighted by Crippen LogP contribution is -2.57. The van der Waals surface area contributed by atoms with E-state index in [2.05, 4.69) is 10.6 Å². The van der Waals surface area contributed by atoms with Crippen molar-refractivity contribution in [2.75, 3.05) is 19.8 Å². The van der Waals surface area contributed by atoms with E-state index in [4.69, 9.17) is 15.9 Å². The van der Waals surface area contributed by atoms with Crippen LogP contribution in [0.25, 0.3) is 0 Å². The lowest BCUT2D eigenvalue weighted by atomic mass is 9.94. The summed E-state index contributed by atoms with van der Waals surface area (Å²) in [5.41, 5.74) is 3.46. The second-order valence-corrected chi connectivity index (χ2v) is 4.28. The van der Waals surface area contributed by atoms with Gasteiger partial charge in [0.15, 0.2) is 11.5 Å². The molecule has 1 atom stereocenters. The molecule has 0 bridgehead atoms. The molecular formula is C12H23FN4O3. The number of hydrogen-bond donors (Lipinski definition) is 4. The van der Waals surface area contributed by atoms with Gasteiger partial charge in [-0.25, -0.2) is 9.18 Å². The Labute approximate surface area is 117 Å². The van der Waals surface area contributed by atoms with Gasteiger partial charge in [0.25, 0.3) is 0 Å². The van der Waals surface area contributed by atoms with Crippen LogP contribution in [0.4, 0.5) is 4.39 Å². The van der Waals surface area contributed by atoms with Gasteiger partial charge in [0.2, 0.25) is 5.91 Å².